The van der Waals surface area contributed by atoms with Gasteiger partial charge in [-0.15, -0.1) is 11.3 Å². The lowest BCUT2D eigenvalue weighted by molar-refractivity contribution is 0.0743. The van der Waals surface area contributed by atoms with E-state index in [9.17, 15) is 4.79 Å². The third kappa shape index (κ3) is 2.05. The van der Waals surface area contributed by atoms with E-state index in [-0.39, 0.29) is 5.91 Å². The topological polar surface area (TPSA) is 66.8 Å². The molecule has 1 aliphatic heterocycles. The van der Waals surface area contributed by atoms with Crippen LogP contribution in [0.5, 0.6) is 0 Å². The van der Waals surface area contributed by atoms with Crippen LogP contribution < -0.4 is 0 Å². The van der Waals surface area contributed by atoms with E-state index in [1.807, 2.05) is 47.4 Å². The van der Waals surface area contributed by atoms with Crippen LogP contribution in [0.2, 0.25) is 0 Å². The average molecular weight is 313 g/mol. The highest BCUT2D eigenvalue weighted by Gasteiger charge is 2.27. The fourth-order valence-electron chi connectivity index (χ4n) is 2.76. The monoisotopic (exact) mass is 313 g/mol. The van der Waals surface area contributed by atoms with Gasteiger partial charge in [0.2, 0.25) is 0 Å². The summed E-state index contributed by atoms with van der Waals surface area (Å²) in [6.07, 6.45) is 3.67. The van der Waals surface area contributed by atoms with E-state index in [2.05, 4.69) is 15.1 Å². The van der Waals surface area contributed by atoms with Crippen molar-refractivity contribution < 1.29 is 4.79 Å². The van der Waals surface area contributed by atoms with Crippen LogP contribution in [-0.4, -0.2) is 30.6 Å². The van der Waals surface area contributed by atoms with Crippen molar-refractivity contribution in [2.24, 2.45) is 7.05 Å². The number of fused-ring (bicyclic) bond motifs is 1. The SMILES string of the molecule is Cc1nc(-c2c[nH]c(C(=O)N3Cc4cnn(C)c4C3)c2)cs1. The van der Waals surface area contributed by atoms with Gasteiger partial charge in [-0.2, -0.15) is 5.10 Å². The summed E-state index contributed by atoms with van der Waals surface area (Å²) in [5.41, 5.74) is 4.69. The Morgan fingerprint density at radius 1 is 1.41 bits per heavy atom. The first-order valence-electron chi connectivity index (χ1n) is 7.02. The van der Waals surface area contributed by atoms with E-state index in [4.69, 9.17) is 0 Å². The Hall–Kier alpha value is -2.41. The van der Waals surface area contributed by atoms with Gasteiger partial charge in [-0.05, 0) is 13.0 Å². The molecule has 0 atom stereocenters. The lowest BCUT2D eigenvalue weighted by Crippen LogP contribution is -2.26. The van der Waals surface area contributed by atoms with E-state index in [1.165, 1.54) is 0 Å². The number of nitrogens with zero attached hydrogens (tertiary/aromatic N) is 4. The molecule has 1 amide bonds. The van der Waals surface area contributed by atoms with Crippen molar-refractivity contribution in [1.82, 2.24) is 24.6 Å². The molecule has 0 radical (unpaired) electrons. The minimum absolute atomic E-state index is 0.00871. The number of nitrogens with one attached hydrogen (secondary N) is 1. The van der Waals surface area contributed by atoms with Gasteiger partial charge in [0.05, 0.1) is 29.1 Å². The molecule has 3 aromatic rings. The molecule has 0 aliphatic carbocycles. The summed E-state index contributed by atoms with van der Waals surface area (Å²) in [5.74, 6) is 0.00871. The largest absolute Gasteiger partial charge is 0.357 e. The zero-order valence-corrected chi connectivity index (χ0v) is 13.1. The van der Waals surface area contributed by atoms with Gasteiger partial charge in [0, 0.05) is 36.3 Å². The van der Waals surface area contributed by atoms with Crippen molar-refractivity contribution in [3.05, 3.63) is 45.8 Å². The minimum Gasteiger partial charge on any atom is -0.357 e. The Balaban J connectivity index is 1.56. The highest BCUT2D eigenvalue weighted by Crippen LogP contribution is 2.26. The number of rotatable bonds is 2. The summed E-state index contributed by atoms with van der Waals surface area (Å²) in [4.78, 5) is 22.0. The molecule has 0 fully saturated rings. The second-order valence-corrected chi connectivity index (χ2v) is 6.52. The molecule has 4 heterocycles. The summed E-state index contributed by atoms with van der Waals surface area (Å²) in [5, 5.41) is 7.24. The van der Waals surface area contributed by atoms with Crippen molar-refractivity contribution in [2.45, 2.75) is 20.0 Å². The Kier molecular flexibility index (Phi) is 2.90. The fraction of sp³-hybridized carbons (Fsp3) is 0.267. The van der Waals surface area contributed by atoms with E-state index in [0.717, 1.165) is 27.5 Å². The summed E-state index contributed by atoms with van der Waals surface area (Å²) in [6.45, 7) is 3.20. The van der Waals surface area contributed by atoms with Crippen LogP contribution >= 0.6 is 11.3 Å². The molecule has 3 aromatic heterocycles. The Morgan fingerprint density at radius 2 is 2.27 bits per heavy atom. The lowest BCUT2D eigenvalue weighted by atomic mass is 10.2. The number of hydrogen-bond acceptors (Lipinski definition) is 4. The maximum atomic E-state index is 12.6. The summed E-state index contributed by atoms with van der Waals surface area (Å²) < 4.78 is 1.83. The molecular formula is C15H15N5OS. The van der Waals surface area contributed by atoms with E-state index in [1.54, 1.807) is 11.3 Å². The van der Waals surface area contributed by atoms with E-state index in [0.29, 0.717) is 18.8 Å². The van der Waals surface area contributed by atoms with Crippen LogP contribution in [0.4, 0.5) is 0 Å². The van der Waals surface area contributed by atoms with Crippen molar-refractivity contribution in [3.63, 3.8) is 0 Å². The summed E-state index contributed by atoms with van der Waals surface area (Å²) in [7, 11) is 1.91. The van der Waals surface area contributed by atoms with Gasteiger partial charge in [-0.25, -0.2) is 4.98 Å². The quantitative estimate of drug-likeness (QED) is 0.789. The number of thiazole rings is 1. The van der Waals surface area contributed by atoms with Crippen LogP contribution in [0, 0.1) is 6.92 Å². The molecule has 0 aromatic carbocycles. The highest BCUT2D eigenvalue weighted by atomic mass is 32.1. The smallest absolute Gasteiger partial charge is 0.270 e. The van der Waals surface area contributed by atoms with Crippen molar-refractivity contribution >= 4 is 17.2 Å². The van der Waals surface area contributed by atoms with Gasteiger partial charge in [0.15, 0.2) is 0 Å². The predicted molar refractivity (Wildman–Crippen MR) is 83.4 cm³/mol. The van der Waals surface area contributed by atoms with Crippen LogP contribution in [0.1, 0.15) is 26.8 Å². The number of amides is 1. The summed E-state index contributed by atoms with van der Waals surface area (Å²) in [6, 6.07) is 1.87. The molecule has 0 bridgehead atoms. The van der Waals surface area contributed by atoms with Crippen molar-refractivity contribution in [1.29, 1.82) is 0 Å². The second-order valence-electron chi connectivity index (χ2n) is 5.46. The summed E-state index contributed by atoms with van der Waals surface area (Å²) >= 11 is 1.61. The molecule has 112 valence electrons. The average Bonchev–Trinajstić information content (AvgIpc) is 3.23. The van der Waals surface area contributed by atoms with Gasteiger partial charge in [0.25, 0.3) is 5.91 Å². The van der Waals surface area contributed by atoms with Gasteiger partial charge >= 0.3 is 0 Å². The van der Waals surface area contributed by atoms with Crippen LogP contribution in [0.15, 0.2) is 23.8 Å². The maximum Gasteiger partial charge on any atom is 0.270 e. The van der Waals surface area contributed by atoms with E-state index < -0.39 is 0 Å². The lowest BCUT2D eigenvalue weighted by Gasteiger charge is -2.14. The standard InChI is InChI=1S/C15H15N5OS/c1-9-18-13(8-22-9)10-3-12(16-4-10)15(21)20-6-11-5-17-19(2)14(11)7-20/h3-5,8,16H,6-7H2,1-2H3. The number of hydrogen-bond donors (Lipinski definition) is 1. The van der Waals surface area contributed by atoms with Crippen LogP contribution in [-0.2, 0) is 20.1 Å². The molecule has 0 unspecified atom stereocenters. The number of carbonyl (C=O) groups excluding carboxylic acids is 1. The zero-order valence-electron chi connectivity index (χ0n) is 12.3. The molecule has 0 spiro atoms. The van der Waals surface area contributed by atoms with Crippen LogP contribution in [0.25, 0.3) is 11.3 Å². The molecule has 1 aliphatic rings. The minimum atomic E-state index is 0.00871. The maximum absolute atomic E-state index is 12.6. The van der Waals surface area contributed by atoms with Gasteiger partial charge in [-0.3, -0.25) is 9.48 Å². The Morgan fingerprint density at radius 3 is 3.00 bits per heavy atom. The number of aryl methyl sites for hydroxylation is 2. The molecule has 1 N–H and O–H groups in total. The van der Waals surface area contributed by atoms with E-state index >= 15 is 0 Å². The van der Waals surface area contributed by atoms with Crippen molar-refractivity contribution in [3.8, 4) is 11.3 Å². The Bertz CT molecular complexity index is 859. The zero-order chi connectivity index (χ0) is 15.3. The third-order valence-corrected chi connectivity index (χ3v) is 4.74. The first-order valence-corrected chi connectivity index (χ1v) is 7.90. The molecule has 7 heteroatoms. The molecule has 22 heavy (non-hydrogen) atoms. The predicted octanol–water partition coefficient (Wildman–Crippen LogP) is 2.34. The molecule has 0 saturated carbocycles. The number of aromatic nitrogens is 4. The highest BCUT2D eigenvalue weighted by molar-refractivity contribution is 7.09. The number of aromatic amines is 1. The first kappa shape index (κ1) is 13.3. The molecule has 4 rings (SSSR count). The van der Waals surface area contributed by atoms with Gasteiger partial charge in [0.1, 0.15) is 5.69 Å². The van der Waals surface area contributed by atoms with Gasteiger partial charge in [-0.1, -0.05) is 0 Å². The molecule has 0 saturated heterocycles. The second kappa shape index (κ2) is 4.81. The first-order chi connectivity index (χ1) is 10.6. The third-order valence-electron chi connectivity index (χ3n) is 3.97. The Labute approximate surface area is 131 Å². The number of H-pyrrole nitrogens is 1. The fourth-order valence-corrected chi connectivity index (χ4v) is 3.38. The van der Waals surface area contributed by atoms with Crippen molar-refractivity contribution in [2.75, 3.05) is 0 Å². The normalized spacial score (nSPS) is 13.6. The molecular weight excluding hydrogens is 298 g/mol. The van der Waals surface area contributed by atoms with Crippen LogP contribution in [0.3, 0.4) is 0 Å². The molecule has 6 nitrogen and oxygen atoms in total. The van der Waals surface area contributed by atoms with Gasteiger partial charge < -0.3 is 9.88 Å². The number of carbonyl (C=O) groups is 1.